The van der Waals surface area contributed by atoms with Crippen LogP contribution in [0.2, 0.25) is 0 Å². The van der Waals surface area contributed by atoms with Gasteiger partial charge < -0.3 is 14.5 Å². The predicted octanol–water partition coefficient (Wildman–Crippen LogP) is 3.56. The molecule has 24 heavy (non-hydrogen) atoms. The zero-order chi connectivity index (χ0) is 16.9. The van der Waals surface area contributed by atoms with Crippen LogP contribution < -0.4 is 10.1 Å². The van der Waals surface area contributed by atoms with E-state index in [-0.39, 0.29) is 5.78 Å². The molecule has 3 rings (SSSR count). The van der Waals surface area contributed by atoms with Crippen LogP contribution in [0.5, 0.6) is 5.75 Å². The molecule has 0 saturated carbocycles. The summed E-state index contributed by atoms with van der Waals surface area (Å²) in [5, 5.41) is 11.2. The van der Waals surface area contributed by atoms with E-state index in [1.807, 2.05) is 36.4 Å². The van der Waals surface area contributed by atoms with E-state index in [4.69, 9.17) is 9.15 Å². The van der Waals surface area contributed by atoms with Crippen molar-refractivity contribution in [2.45, 2.75) is 13.5 Å². The molecule has 0 aliphatic heterocycles. The Balaban J connectivity index is 1.67. The summed E-state index contributed by atoms with van der Waals surface area (Å²) >= 11 is 0. The van der Waals surface area contributed by atoms with E-state index in [0.717, 1.165) is 17.0 Å². The van der Waals surface area contributed by atoms with Crippen LogP contribution in [-0.4, -0.2) is 23.1 Å². The van der Waals surface area contributed by atoms with E-state index >= 15 is 0 Å². The highest BCUT2D eigenvalue weighted by Crippen LogP contribution is 2.21. The average Bonchev–Trinajstić information content (AvgIpc) is 3.09. The summed E-state index contributed by atoms with van der Waals surface area (Å²) in [5.74, 6) is 1.71. The first-order valence-corrected chi connectivity index (χ1v) is 7.47. The zero-order valence-electron chi connectivity index (χ0n) is 13.4. The van der Waals surface area contributed by atoms with Gasteiger partial charge in [0.25, 0.3) is 0 Å². The highest BCUT2D eigenvalue weighted by Gasteiger charge is 2.09. The second-order valence-corrected chi connectivity index (χ2v) is 5.22. The monoisotopic (exact) mass is 323 g/mol. The van der Waals surface area contributed by atoms with E-state index in [9.17, 15) is 4.79 Å². The molecule has 0 atom stereocenters. The number of ether oxygens (including phenoxy) is 1. The van der Waals surface area contributed by atoms with Crippen molar-refractivity contribution >= 4 is 11.5 Å². The van der Waals surface area contributed by atoms with Gasteiger partial charge in [-0.25, -0.2) is 0 Å². The first-order chi connectivity index (χ1) is 11.7. The number of hydrogen-bond donors (Lipinski definition) is 1. The lowest BCUT2D eigenvalue weighted by molar-refractivity contribution is 0.101. The normalized spacial score (nSPS) is 10.4. The molecular weight excluding hydrogens is 306 g/mol. The summed E-state index contributed by atoms with van der Waals surface area (Å²) in [6.45, 7) is 1.92. The number of carbonyl (C=O) groups excluding carboxylic acids is 1. The quantitative estimate of drug-likeness (QED) is 0.699. The Morgan fingerprint density at radius 1 is 1.17 bits per heavy atom. The zero-order valence-corrected chi connectivity index (χ0v) is 13.4. The molecule has 0 amide bonds. The Morgan fingerprint density at radius 2 is 1.96 bits per heavy atom. The molecule has 0 saturated heterocycles. The highest BCUT2D eigenvalue weighted by atomic mass is 16.5. The van der Waals surface area contributed by atoms with Gasteiger partial charge in [-0.15, -0.1) is 10.2 Å². The first-order valence-electron chi connectivity index (χ1n) is 7.47. The molecular formula is C18H17N3O3. The number of aromatic nitrogens is 2. The standard InChI is InChI=1S/C18H17N3O3/c1-12(22)14-4-3-5-15(10-14)19-11-17-20-21-18(24-17)13-6-8-16(23-2)9-7-13/h3-10,19H,11H2,1-2H3. The van der Waals surface area contributed by atoms with E-state index < -0.39 is 0 Å². The van der Waals surface area contributed by atoms with Crippen LogP contribution in [0, 0.1) is 0 Å². The van der Waals surface area contributed by atoms with Crippen molar-refractivity contribution in [2.75, 3.05) is 12.4 Å². The van der Waals surface area contributed by atoms with Gasteiger partial charge in [0.15, 0.2) is 5.78 Å². The fraction of sp³-hybridized carbons (Fsp3) is 0.167. The Kier molecular flexibility index (Phi) is 4.56. The largest absolute Gasteiger partial charge is 0.497 e. The Bertz CT molecular complexity index is 841. The maximum absolute atomic E-state index is 11.4. The number of methoxy groups -OCH3 is 1. The molecule has 6 heteroatoms. The number of benzene rings is 2. The SMILES string of the molecule is COc1ccc(-c2nnc(CNc3cccc(C(C)=O)c3)o2)cc1. The third-order valence-electron chi connectivity index (χ3n) is 3.52. The van der Waals surface area contributed by atoms with Crippen molar-refractivity contribution in [3.63, 3.8) is 0 Å². The van der Waals surface area contributed by atoms with Gasteiger partial charge in [-0.3, -0.25) is 4.79 Å². The van der Waals surface area contributed by atoms with Crippen LogP contribution in [-0.2, 0) is 6.54 Å². The van der Waals surface area contributed by atoms with E-state index in [0.29, 0.717) is 23.9 Å². The summed E-state index contributed by atoms with van der Waals surface area (Å²) < 4.78 is 10.8. The van der Waals surface area contributed by atoms with Crippen molar-refractivity contribution in [2.24, 2.45) is 0 Å². The molecule has 6 nitrogen and oxygen atoms in total. The minimum Gasteiger partial charge on any atom is -0.497 e. The summed E-state index contributed by atoms with van der Waals surface area (Å²) in [5.41, 5.74) is 2.31. The molecule has 0 radical (unpaired) electrons. The summed E-state index contributed by atoms with van der Waals surface area (Å²) in [4.78, 5) is 11.4. The fourth-order valence-corrected chi connectivity index (χ4v) is 2.20. The van der Waals surface area contributed by atoms with Gasteiger partial charge in [0, 0.05) is 16.8 Å². The number of carbonyl (C=O) groups is 1. The van der Waals surface area contributed by atoms with Gasteiger partial charge in [-0.2, -0.15) is 0 Å². The maximum Gasteiger partial charge on any atom is 0.247 e. The molecule has 1 heterocycles. The topological polar surface area (TPSA) is 77.3 Å². The van der Waals surface area contributed by atoms with Gasteiger partial charge in [0.05, 0.1) is 13.7 Å². The molecule has 0 aliphatic rings. The van der Waals surface area contributed by atoms with Crippen molar-refractivity contribution < 1.29 is 13.9 Å². The predicted molar refractivity (Wildman–Crippen MR) is 90.1 cm³/mol. The number of Topliss-reactive ketones (excluding diaryl/α,β-unsaturated/α-hetero) is 1. The van der Waals surface area contributed by atoms with Crippen molar-refractivity contribution in [1.29, 1.82) is 0 Å². The van der Waals surface area contributed by atoms with Crippen molar-refractivity contribution in [3.8, 4) is 17.2 Å². The Morgan fingerprint density at radius 3 is 2.67 bits per heavy atom. The van der Waals surface area contributed by atoms with Crippen LogP contribution >= 0.6 is 0 Å². The Labute approximate surface area is 139 Å². The first kappa shape index (κ1) is 15.7. The van der Waals surface area contributed by atoms with Gasteiger partial charge in [-0.05, 0) is 43.3 Å². The summed E-state index contributed by atoms with van der Waals surface area (Å²) in [6, 6.07) is 14.7. The van der Waals surface area contributed by atoms with Crippen LogP contribution in [0.25, 0.3) is 11.5 Å². The number of ketones is 1. The van der Waals surface area contributed by atoms with Gasteiger partial charge in [0.2, 0.25) is 11.8 Å². The minimum absolute atomic E-state index is 0.0261. The molecule has 2 aromatic carbocycles. The highest BCUT2D eigenvalue weighted by molar-refractivity contribution is 5.94. The molecule has 0 bridgehead atoms. The summed E-state index contributed by atoms with van der Waals surface area (Å²) in [7, 11) is 1.62. The molecule has 0 spiro atoms. The van der Waals surface area contributed by atoms with Crippen molar-refractivity contribution in [3.05, 3.63) is 60.0 Å². The third-order valence-corrected chi connectivity index (χ3v) is 3.52. The fourth-order valence-electron chi connectivity index (χ4n) is 2.20. The lowest BCUT2D eigenvalue weighted by atomic mass is 10.1. The second-order valence-electron chi connectivity index (χ2n) is 5.22. The second kappa shape index (κ2) is 6.95. The molecule has 1 N–H and O–H groups in total. The summed E-state index contributed by atoms with van der Waals surface area (Å²) in [6.07, 6.45) is 0. The lowest BCUT2D eigenvalue weighted by Crippen LogP contribution is -2.01. The molecule has 1 aromatic heterocycles. The molecule has 0 fully saturated rings. The number of rotatable bonds is 6. The van der Waals surface area contributed by atoms with Crippen LogP contribution in [0.3, 0.4) is 0 Å². The van der Waals surface area contributed by atoms with Gasteiger partial charge >= 0.3 is 0 Å². The molecule has 0 unspecified atom stereocenters. The van der Waals surface area contributed by atoms with E-state index in [1.165, 1.54) is 6.92 Å². The molecule has 0 aliphatic carbocycles. The Hall–Kier alpha value is -3.15. The maximum atomic E-state index is 11.4. The van der Waals surface area contributed by atoms with Crippen LogP contribution in [0.4, 0.5) is 5.69 Å². The van der Waals surface area contributed by atoms with E-state index in [2.05, 4.69) is 15.5 Å². The van der Waals surface area contributed by atoms with Crippen molar-refractivity contribution in [1.82, 2.24) is 10.2 Å². The van der Waals surface area contributed by atoms with Gasteiger partial charge in [-0.1, -0.05) is 12.1 Å². The molecule has 3 aromatic rings. The smallest absolute Gasteiger partial charge is 0.247 e. The number of nitrogens with zero attached hydrogens (tertiary/aromatic N) is 2. The van der Waals surface area contributed by atoms with E-state index in [1.54, 1.807) is 19.2 Å². The van der Waals surface area contributed by atoms with Gasteiger partial charge in [0.1, 0.15) is 5.75 Å². The number of anilines is 1. The average molecular weight is 323 g/mol. The lowest BCUT2D eigenvalue weighted by Gasteiger charge is -2.04. The number of nitrogens with one attached hydrogen (secondary N) is 1. The molecule has 122 valence electrons. The third kappa shape index (κ3) is 3.60. The van der Waals surface area contributed by atoms with Crippen LogP contribution in [0.15, 0.2) is 52.9 Å². The van der Waals surface area contributed by atoms with Crippen LogP contribution in [0.1, 0.15) is 23.2 Å². The minimum atomic E-state index is 0.0261. The number of hydrogen-bond acceptors (Lipinski definition) is 6.